The van der Waals surface area contributed by atoms with Crippen LogP contribution in [0, 0.1) is 6.92 Å². The molecule has 0 N–H and O–H groups in total. The van der Waals surface area contributed by atoms with E-state index in [-0.39, 0.29) is 12.0 Å². The van der Waals surface area contributed by atoms with E-state index in [0.717, 1.165) is 0 Å². The molecule has 0 saturated carbocycles. The largest absolute Gasteiger partial charge is 0.494 e. The Bertz CT molecular complexity index is 895. The van der Waals surface area contributed by atoms with E-state index < -0.39 is 5.60 Å². The molecular weight excluding hydrogens is 374 g/mol. The van der Waals surface area contributed by atoms with Gasteiger partial charge < -0.3 is 19.3 Å². The molecule has 0 unspecified atom stereocenters. The molecule has 1 fully saturated rings. The number of rotatable bonds is 3. The van der Waals surface area contributed by atoms with Crippen LogP contribution in [0.4, 0.5) is 4.79 Å². The molecule has 1 aromatic carbocycles. The van der Waals surface area contributed by atoms with Gasteiger partial charge in [-0.1, -0.05) is 17.3 Å². The van der Waals surface area contributed by atoms with Crippen molar-refractivity contribution in [1.82, 2.24) is 24.8 Å². The zero-order valence-corrected chi connectivity index (χ0v) is 17.5. The predicted octanol–water partition coefficient (Wildman–Crippen LogP) is 2.28. The van der Waals surface area contributed by atoms with Crippen LogP contribution in [-0.4, -0.2) is 75.7 Å². The highest BCUT2D eigenvalue weighted by Crippen LogP contribution is 2.24. The Morgan fingerprint density at radius 1 is 1.03 bits per heavy atom. The first-order valence-corrected chi connectivity index (χ1v) is 9.54. The maximum Gasteiger partial charge on any atom is 0.410 e. The number of carbonyl (C=O) groups excluding carboxylic acids is 2. The second-order valence-corrected chi connectivity index (χ2v) is 7.87. The van der Waals surface area contributed by atoms with Crippen molar-refractivity contribution < 1.29 is 19.1 Å². The fraction of sp³-hybridized carbons (Fsp3) is 0.500. The normalized spacial score (nSPS) is 14.7. The number of methoxy groups -OCH3 is 1. The Labute approximate surface area is 170 Å². The van der Waals surface area contributed by atoms with Crippen LogP contribution in [0.1, 0.15) is 37.0 Å². The Morgan fingerprint density at radius 2 is 1.66 bits per heavy atom. The topological polar surface area (TPSA) is 89.8 Å². The summed E-state index contributed by atoms with van der Waals surface area (Å²) < 4.78 is 12.3. The molecule has 1 aromatic heterocycles. The van der Waals surface area contributed by atoms with Crippen LogP contribution in [0.5, 0.6) is 5.75 Å². The number of ether oxygens (including phenoxy) is 2. The van der Waals surface area contributed by atoms with Gasteiger partial charge >= 0.3 is 6.09 Å². The molecule has 3 rings (SSSR count). The zero-order valence-electron chi connectivity index (χ0n) is 17.5. The number of piperazine rings is 1. The molecule has 0 spiro atoms. The molecule has 0 radical (unpaired) electrons. The molecule has 1 saturated heterocycles. The van der Waals surface area contributed by atoms with Gasteiger partial charge in [-0.05, 0) is 39.8 Å². The molecule has 9 heteroatoms. The molecule has 1 aliphatic heterocycles. The summed E-state index contributed by atoms with van der Waals surface area (Å²) >= 11 is 0. The van der Waals surface area contributed by atoms with Gasteiger partial charge in [0.15, 0.2) is 5.69 Å². The number of hydrogen-bond acceptors (Lipinski definition) is 6. The molecule has 9 nitrogen and oxygen atoms in total. The van der Waals surface area contributed by atoms with E-state index in [9.17, 15) is 9.59 Å². The summed E-state index contributed by atoms with van der Waals surface area (Å²) in [6.45, 7) is 8.90. The Balaban J connectivity index is 1.76. The smallest absolute Gasteiger partial charge is 0.410 e. The Hall–Kier alpha value is -3.10. The number of carbonyl (C=O) groups is 2. The zero-order chi connectivity index (χ0) is 21.2. The minimum atomic E-state index is -0.548. The standard InChI is InChI=1S/C20H27N5O4/c1-14-17(25(22-21-14)15-8-6-7-9-16(15)28-5)18(26)23-10-12-24(13-11-23)19(27)29-20(2,3)4/h6-9H,10-13H2,1-5H3. The molecule has 0 aliphatic carbocycles. The summed E-state index contributed by atoms with van der Waals surface area (Å²) in [5.41, 5.74) is 1.02. The number of hydrogen-bond donors (Lipinski definition) is 0. The van der Waals surface area contributed by atoms with Crippen LogP contribution in [0.2, 0.25) is 0 Å². The van der Waals surface area contributed by atoms with E-state index in [1.165, 1.54) is 4.68 Å². The van der Waals surface area contributed by atoms with Crippen LogP contribution < -0.4 is 4.74 Å². The number of amides is 2. The molecule has 1 aliphatic rings. The minimum Gasteiger partial charge on any atom is -0.494 e. The highest BCUT2D eigenvalue weighted by Gasteiger charge is 2.31. The van der Waals surface area contributed by atoms with Crippen LogP contribution in [0.3, 0.4) is 0 Å². The van der Waals surface area contributed by atoms with Crippen molar-refractivity contribution >= 4 is 12.0 Å². The van der Waals surface area contributed by atoms with Crippen LogP contribution in [0.25, 0.3) is 5.69 Å². The van der Waals surface area contributed by atoms with Crippen molar-refractivity contribution in [3.8, 4) is 11.4 Å². The number of aryl methyl sites for hydroxylation is 1. The van der Waals surface area contributed by atoms with Gasteiger partial charge in [-0.2, -0.15) is 0 Å². The summed E-state index contributed by atoms with van der Waals surface area (Å²) in [6.07, 6.45) is -0.360. The van der Waals surface area contributed by atoms with E-state index in [1.54, 1.807) is 29.9 Å². The van der Waals surface area contributed by atoms with Crippen LogP contribution >= 0.6 is 0 Å². The molecular formula is C20H27N5O4. The van der Waals surface area contributed by atoms with E-state index in [1.807, 2.05) is 39.0 Å². The first kappa shape index (κ1) is 20.6. The van der Waals surface area contributed by atoms with Crippen molar-refractivity contribution in [1.29, 1.82) is 0 Å². The highest BCUT2D eigenvalue weighted by molar-refractivity contribution is 5.94. The maximum absolute atomic E-state index is 13.2. The maximum atomic E-state index is 13.2. The van der Waals surface area contributed by atoms with Gasteiger partial charge in [0.25, 0.3) is 5.91 Å². The number of para-hydroxylation sites is 2. The molecule has 0 bridgehead atoms. The van der Waals surface area contributed by atoms with Gasteiger partial charge in [-0.3, -0.25) is 4.79 Å². The second-order valence-electron chi connectivity index (χ2n) is 7.87. The monoisotopic (exact) mass is 401 g/mol. The van der Waals surface area contributed by atoms with Crippen molar-refractivity contribution in [3.05, 3.63) is 35.7 Å². The van der Waals surface area contributed by atoms with Crippen molar-refractivity contribution in [2.45, 2.75) is 33.3 Å². The van der Waals surface area contributed by atoms with E-state index in [0.29, 0.717) is 49.0 Å². The third kappa shape index (κ3) is 4.49. The summed E-state index contributed by atoms with van der Waals surface area (Å²) in [6, 6.07) is 7.33. The lowest BCUT2D eigenvalue weighted by molar-refractivity contribution is 0.0139. The first-order chi connectivity index (χ1) is 13.7. The van der Waals surface area contributed by atoms with E-state index >= 15 is 0 Å². The number of nitrogens with zero attached hydrogens (tertiary/aromatic N) is 5. The average Bonchev–Trinajstić information content (AvgIpc) is 3.07. The average molecular weight is 401 g/mol. The third-order valence-corrected chi connectivity index (χ3v) is 4.57. The van der Waals surface area contributed by atoms with E-state index in [4.69, 9.17) is 9.47 Å². The highest BCUT2D eigenvalue weighted by atomic mass is 16.6. The van der Waals surface area contributed by atoms with E-state index in [2.05, 4.69) is 10.3 Å². The van der Waals surface area contributed by atoms with Crippen molar-refractivity contribution in [2.75, 3.05) is 33.3 Å². The summed E-state index contributed by atoms with van der Waals surface area (Å²) in [5, 5.41) is 8.24. The van der Waals surface area contributed by atoms with Gasteiger partial charge in [-0.25, -0.2) is 9.48 Å². The van der Waals surface area contributed by atoms with Gasteiger partial charge in [-0.15, -0.1) is 5.10 Å². The summed E-state index contributed by atoms with van der Waals surface area (Å²) in [7, 11) is 1.57. The molecule has 29 heavy (non-hydrogen) atoms. The van der Waals surface area contributed by atoms with Gasteiger partial charge in [0.1, 0.15) is 17.0 Å². The lowest BCUT2D eigenvalue weighted by atomic mass is 10.2. The van der Waals surface area contributed by atoms with Crippen molar-refractivity contribution in [2.24, 2.45) is 0 Å². The summed E-state index contributed by atoms with van der Waals surface area (Å²) in [4.78, 5) is 28.8. The van der Waals surface area contributed by atoms with Crippen LogP contribution in [0.15, 0.2) is 24.3 Å². The van der Waals surface area contributed by atoms with Gasteiger partial charge in [0, 0.05) is 26.2 Å². The van der Waals surface area contributed by atoms with Crippen LogP contribution in [-0.2, 0) is 4.74 Å². The van der Waals surface area contributed by atoms with Gasteiger partial charge in [0.2, 0.25) is 0 Å². The predicted molar refractivity (Wildman–Crippen MR) is 106 cm³/mol. The number of aromatic nitrogens is 3. The molecule has 2 aromatic rings. The molecule has 156 valence electrons. The SMILES string of the molecule is COc1ccccc1-n1nnc(C)c1C(=O)N1CCN(C(=O)OC(C)(C)C)CC1. The lowest BCUT2D eigenvalue weighted by Gasteiger charge is -2.35. The second kappa shape index (κ2) is 8.10. The molecule has 2 heterocycles. The van der Waals surface area contributed by atoms with Crippen molar-refractivity contribution in [3.63, 3.8) is 0 Å². The minimum absolute atomic E-state index is 0.178. The fourth-order valence-electron chi connectivity index (χ4n) is 3.14. The fourth-order valence-corrected chi connectivity index (χ4v) is 3.14. The Kier molecular flexibility index (Phi) is 5.76. The number of benzene rings is 1. The quantitative estimate of drug-likeness (QED) is 0.784. The Morgan fingerprint density at radius 3 is 2.28 bits per heavy atom. The third-order valence-electron chi connectivity index (χ3n) is 4.57. The summed E-state index contributed by atoms with van der Waals surface area (Å²) in [5.74, 6) is 0.420. The lowest BCUT2D eigenvalue weighted by Crippen LogP contribution is -2.52. The van der Waals surface area contributed by atoms with Gasteiger partial charge in [0.05, 0.1) is 12.8 Å². The first-order valence-electron chi connectivity index (χ1n) is 9.54. The molecule has 0 atom stereocenters. The molecule has 2 amide bonds.